The Hall–Kier alpha value is -3.55. The fourth-order valence-corrected chi connectivity index (χ4v) is 5.74. The minimum Gasteiger partial charge on any atom is -0.353 e. The lowest BCUT2D eigenvalue weighted by Gasteiger charge is -2.42. The molecular formula is C28H26ClN7. The standard InChI is InChI=1S/C28H26ClN7/c29-22-7-2-1-6-19(22)23-14-21-18(9-11-32-26(21)33-23)27-34-24-15-30-10-8-20(24)28(35-27)36-13-12-31-25(16-36)17-4-3-5-17/h1-2,6-11,14-15,17,25,31H,3-5,12-13,16H2,(H,32,33). The molecule has 1 atom stereocenters. The van der Waals surface area contributed by atoms with Gasteiger partial charge in [0.2, 0.25) is 0 Å². The zero-order valence-electron chi connectivity index (χ0n) is 19.8. The number of piperazine rings is 1. The van der Waals surface area contributed by atoms with Crippen LogP contribution >= 0.6 is 11.6 Å². The van der Waals surface area contributed by atoms with Gasteiger partial charge in [-0.1, -0.05) is 36.2 Å². The second-order valence-corrected chi connectivity index (χ2v) is 10.2. The van der Waals surface area contributed by atoms with E-state index < -0.39 is 0 Å². The fourth-order valence-electron chi connectivity index (χ4n) is 5.50. The number of nitrogens with one attached hydrogen (secondary N) is 2. The summed E-state index contributed by atoms with van der Waals surface area (Å²) >= 11 is 6.48. The molecule has 2 fully saturated rings. The Bertz CT molecular complexity index is 1580. The number of benzene rings is 1. The van der Waals surface area contributed by atoms with Gasteiger partial charge >= 0.3 is 0 Å². The third-order valence-corrected chi connectivity index (χ3v) is 7.97. The van der Waals surface area contributed by atoms with Crippen molar-refractivity contribution in [2.24, 2.45) is 5.92 Å². The summed E-state index contributed by atoms with van der Waals surface area (Å²) in [5, 5.41) is 6.44. The quantitative estimate of drug-likeness (QED) is 0.344. The number of rotatable bonds is 4. The monoisotopic (exact) mass is 495 g/mol. The van der Waals surface area contributed by atoms with Crippen molar-refractivity contribution in [2.75, 3.05) is 24.5 Å². The molecule has 4 aromatic heterocycles. The highest BCUT2D eigenvalue weighted by molar-refractivity contribution is 6.33. The van der Waals surface area contributed by atoms with Crippen molar-refractivity contribution in [1.82, 2.24) is 30.2 Å². The number of aromatic nitrogens is 5. The van der Waals surface area contributed by atoms with E-state index in [2.05, 4.69) is 31.2 Å². The molecule has 1 saturated carbocycles. The largest absolute Gasteiger partial charge is 0.353 e. The van der Waals surface area contributed by atoms with Crippen LogP contribution in [0.4, 0.5) is 5.82 Å². The molecule has 1 saturated heterocycles. The Morgan fingerprint density at radius 1 is 0.972 bits per heavy atom. The highest BCUT2D eigenvalue weighted by atomic mass is 35.5. The van der Waals surface area contributed by atoms with Crippen LogP contribution in [0.2, 0.25) is 5.02 Å². The number of aromatic amines is 1. The van der Waals surface area contributed by atoms with Gasteiger partial charge in [0.15, 0.2) is 5.82 Å². The van der Waals surface area contributed by atoms with Gasteiger partial charge in [-0.2, -0.15) is 0 Å². The van der Waals surface area contributed by atoms with Crippen LogP contribution in [0.5, 0.6) is 0 Å². The molecule has 1 aliphatic carbocycles. The van der Waals surface area contributed by atoms with E-state index >= 15 is 0 Å². The maximum Gasteiger partial charge on any atom is 0.163 e. The third kappa shape index (κ3) is 3.70. The minimum atomic E-state index is 0.512. The van der Waals surface area contributed by atoms with Gasteiger partial charge in [0.25, 0.3) is 0 Å². The Labute approximate surface area is 214 Å². The number of anilines is 1. The summed E-state index contributed by atoms with van der Waals surface area (Å²) in [6.45, 7) is 2.85. The average Bonchev–Trinajstić information content (AvgIpc) is 3.32. The van der Waals surface area contributed by atoms with Crippen molar-refractivity contribution in [2.45, 2.75) is 25.3 Å². The normalized spacial score (nSPS) is 18.6. The predicted octanol–water partition coefficient (Wildman–Crippen LogP) is 5.47. The molecule has 0 amide bonds. The molecule has 5 aromatic rings. The van der Waals surface area contributed by atoms with E-state index in [1.165, 1.54) is 19.3 Å². The summed E-state index contributed by atoms with van der Waals surface area (Å²) in [6, 6.07) is 14.4. The first-order valence-electron chi connectivity index (χ1n) is 12.6. The summed E-state index contributed by atoms with van der Waals surface area (Å²) in [7, 11) is 0. The number of halogens is 1. The fraction of sp³-hybridized carbons (Fsp3) is 0.286. The summed E-state index contributed by atoms with van der Waals surface area (Å²) < 4.78 is 0. The molecule has 36 heavy (non-hydrogen) atoms. The smallest absolute Gasteiger partial charge is 0.163 e. The molecule has 8 heteroatoms. The molecule has 1 aromatic carbocycles. The van der Waals surface area contributed by atoms with Gasteiger partial charge in [-0.3, -0.25) is 4.98 Å². The van der Waals surface area contributed by atoms with E-state index in [1.807, 2.05) is 48.8 Å². The second kappa shape index (κ2) is 8.84. The van der Waals surface area contributed by atoms with Crippen LogP contribution < -0.4 is 10.2 Å². The lowest BCUT2D eigenvalue weighted by atomic mass is 9.79. The molecule has 1 aliphatic heterocycles. The van der Waals surface area contributed by atoms with Gasteiger partial charge in [-0.15, -0.1) is 0 Å². The van der Waals surface area contributed by atoms with Crippen molar-refractivity contribution < 1.29 is 0 Å². The molecule has 7 nitrogen and oxygen atoms in total. The molecule has 180 valence electrons. The van der Waals surface area contributed by atoms with Crippen LogP contribution in [0.15, 0.2) is 61.1 Å². The average molecular weight is 496 g/mol. The van der Waals surface area contributed by atoms with Crippen molar-refractivity contribution >= 4 is 39.4 Å². The molecule has 0 bridgehead atoms. The summed E-state index contributed by atoms with van der Waals surface area (Å²) in [5.41, 5.74) is 4.43. The van der Waals surface area contributed by atoms with Crippen LogP contribution in [-0.2, 0) is 0 Å². The van der Waals surface area contributed by atoms with Crippen LogP contribution in [0.1, 0.15) is 19.3 Å². The second-order valence-electron chi connectivity index (χ2n) is 9.74. The van der Waals surface area contributed by atoms with Crippen molar-refractivity contribution in [3.05, 3.63) is 66.1 Å². The van der Waals surface area contributed by atoms with Crippen LogP contribution in [0, 0.1) is 5.92 Å². The van der Waals surface area contributed by atoms with Crippen molar-refractivity contribution in [3.8, 4) is 22.6 Å². The van der Waals surface area contributed by atoms with E-state index in [-0.39, 0.29) is 0 Å². The Balaban J connectivity index is 1.35. The summed E-state index contributed by atoms with van der Waals surface area (Å²) in [6.07, 6.45) is 9.45. The van der Waals surface area contributed by atoms with Gasteiger partial charge in [0.1, 0.15) is 11.5 Å². The molecule has 5 heterocycles. The van der Waals surface area contributed by atoms with E-state index in [0.29, 0.717) is 16.9 Å². The van der Waals surface area contributed by atoms with Crippen LogP contribution in [-0.4, -0.2) is 50.6 Å². The number of fused-ring (bicyclic) bond motifs is 2. The van der Waals surface area contributed by atoms with Crippen molar-refractivity contribution in [3.63, 3.8) is 0 Å². The van der Waals surface area contributed by atoms with Crippen LogP contribution in [0.25, 0.3) is 44.6 Å². The topological polar surface area (TPSA) is 82.6 Å². The maximum atomic E-state index is 6.48. The first-order chi connectivity index (χ1) is 17.7. The number of H-pyrrole nitrogens is 1. The zero-order valence-corrected chi connectivity index (χ0v) is 20.5. The summed E-state index contributed by atoms with van der Waals surface area (Å²) in [5.74, 6) is 2.43. The highest BCUT2D eigenvalue weighted by Crippen LogP contribution is 2.36. The molecule has 0 spiro atoms. The Morgan fingerprint density at radius 3 is 2.75 bits per heavy atom. The first-order valence-corrected chi connectivity index (χ1v) is 13.0. The number of nitrogens with zero attached hydrogens (tertiary/aromatic N) is 5. The number of hydrogen-bond donors (Lipinski definition) is 2. The molecule has 2 aliphatic rings. The van der Waals surface area contributed by atoms with Gasteiger partial charge in [0, 0.05) is 70.7 Å². The van der Waals surface area contributed by atoms with Crippen molar-refractivity contribution in [1.29, 1.82) is 0 Å². The van der Waals surface area contributed by atoms with Gasteiger partial charge < -0.3 is 15.2 Å². The lowest BCUT2D eigenvalue weighted by molar-refractivity contribution is 0.219. The molecule has 0 radical (unpaired) electrons. The van der Waals surface area contributed by atoms with E-state index in [9.17, 15) is 0 Å². The third-order valence-electron chi connectivity index (χ3n) is 7.64. The molecule has 7 rings (SSSR count). The highest BCUT2D eigenvalue weighted by Gasteiger charge is 2.32. The lowest BCUT2D eigenvalue weighted by Crippen LogP contribution is -2.55. The number of pyridine rings is 2. The Morgan fingerprint density at radius 2 is 1.89 bits per heavy atom. The van der Waals surface area contributed by atoms with Gasteiger partial charge in [-0.25, -0.2) is 15.0 Å². The van der Waals surface area contributed by atoms with E-state index in [0.717, 1.165) is 70.1 Å². The SMILES string of the molecule is Clc1ccccc1-c1cc2c(-c3nc(N4CCNC(C5CCC5)C4)c4ccncc4n3)ccnc2[nH]1. The minimum absolute atomic E-state index is 0.512. The van der Waals surface area contributed by atoms with Gasteiger partial charge in [0.05, 0.1) is 11.7 Å². The first kappa shape index (κ1) is 21.7. The predicted molar refractivity (Wildman–Crippen MR) is 144 cm³/mol. The van der Waals surface area contributed by atoms with E-state index in [1.54, 1.807) is 6.20 Å². The molecule has 1 unspecified atom stereocenters. The van der Waals surface area contributed by atoms with Crippen LogP contribution in [0.3, 0.4) is 0 Å². The summed E-state index contributed by atoms with van der Waals surface area (Å²) in [4.78, 5) is 24.9. The molecular weight excluding hydrogens is 470 g/mol. The maximum absolute atomic E-state index is 6.48. The van der Waals surface area contributed by atoms with E-state index in [4.69, 9.17) is 21.6 Å². The number of hydrogen-bond acceptors (Lipinski definition) is 6. The zero-order chi connectivity index (χ0) is 24.1. The Kier molecular flexibility index (Phi) is 5.33. The molecule has 2 N–H and O–H groups in total. The van der Waals surface area contributed by atoms with Gasteiger partial charge in [-0.05, 0) is 43.0 Å².